The average Bonchev–Trinajstić information content (AvgIpc) is 3.33. The normalized spacial score (nSPS) is 14.5. The molecule has 2 amide bonds. The second-order valence-electron chi connectivity index (χ2n) is 6.63. The van der Waals surface area contributed by atoms with Crippen LogP contribution in [0.4, 0.5) is 5.69 Å². The topological polar surface area (TPSA) is 86.9 Å². The van der Waals surface area contributed by atoms with Crippen molar-refractivity contribution in [2.24, 2.45) is 0 Å². The third kappa shape index (κ3) is 3.31. The standard InChI is InChI=1S/C20H20N4O2/c25-19(22-15-5-1-2-6-15)13-8-10-16(11-9-13)23-20(26)17-7-3-4-14-12-21-24-18(14)17/h3-4,7-12,15H,1-2,5-6H2,(H,21,24)(H,22,25)(H,23,26). The van der Waals surface area contributed by atoms with Crippen molar-refractivity contribution in [3.63, 3.8) is 0 Å². The SMILES string of the molecule is O=C(NC1CCCC1)c1ccc(NC(=O)c2cccc3cn[nH]c23)cc1. The van der Waals surface area contributed by atoms with E-state index in [1.807, 2.05) is 12.1 Å². The Morgan fingerprint density at radius 1 is 1.00 bits per heavy atom. The minimum Gasteiger partial charge on any atom is -0.349 e. The van der Waals surface area contributed by atoms with Crippen molar-refractivity contribution >= 4 is 28.4 Å². The Hall–Kier alpha value is -3.15. The van der Waals surface area contributed by atoms with Gasteiger partial charge >= 0.3 is 0 Å². The van der Waals surface area contributed by atoms with Gasteiger partial charge in [0, 0.05) is 22.7 Å². The van der Waals surface area contributed by atoms with Crippen molar-refractivity contribution in [3.05, 3.63) is 59.8 Å². The number of hydrogen-bond donors (Lipinski definition) is 3. The van der Waals surface area contributed by atoms with Gasteiger partial charge in [0.2, 0.25) is 0 Å². The van der Waals surface area contributed by atoms with Gasteiger partial charge in [0.05, 0.1) is 17.3 Å². The molecule has 0 bridgehead atoms. The Bertz CT molecular complexity index is 940. The Morgan fingerprint density at radius 2 is 1.77 bits per heavy atom. The molecule has 1 heterocycles. The van der Waals surface area contributed by atoms with E-state index < -0.39 is 0 Å². The summed E-state index contributed by atoms with van der Waals surface area (Å²) in [6.45, 7) is 0. The maximum atomic E-state index is 12.5. The minimum atomic E-state index is -0.219. The number of H-pyrrole nitrogens is 1. The molecular weight excluding hydrogens is 328 g/mol. The summed E-state index contributed by atoms with van der Waals surface area (Å²) in [5.41, 5.74) is 2.48. The Kier molecular flexibility index (Phi) is 4.39. The molecule has 1 aromatic heterocycles. The largest absolute Gasteiger partial charge is 0.349 e. The van der Waals surface area contributed by atoms with Crippen LogP contribution in [-0.2, 0) is 0 Å². The Morgan fingerprint density at radius 3 is 2.54 bits per heavy atom. The summed E-state index contributed by atoms with van der Waals surface area (Å²) in [6.07, 6.45) is 6.15. The highest BCUT2D eigenvalue weighted by Crippen LogP contribution is 2.20. The van der Waals surface area contributed by atoms with E-state index in [2.05, 4.69) is 20.8 Å². The molecule has 1 aliphatic carbocycles. The molecule has 6 heteroatoms. The van der Waals surface area contributed by atoms with Crippen molar-refractivity contribution < 1.29 is 9.59 Å². The van der Waals surface area contributed by atoms with Crippen molar-refractivity contribution in [2.45, 2.75) is 31.7 Å². The Balaban J connectivity index is 1.44. The number of aromatic amines is 1. The minimum absolute atomic E-state index is 0.0583. The second-order valence-corrected chi connectivity index (χ2v) is 6.63. The van der Waals surface area contributed by atoms with E-state index >= 15 is 0 Å². The maximum Gasteiger partial charge on any atom is 0.257 e. The zero-order valence-corrected chi connectivity index (χ0v) is 14.3. The van der Waals surface area contributed by atoms with Gasteiger partial charge in [-0.3, -0.25) is 14.7 Å². The van der Waals surface area contributed by atoms with Crippen LogP contribution >= 0.6 is 0 Å². The number of carbonyl (C=O) groups is 2. The summed E-state index contributed by atoms with van der Waals surface area (Å²) >= 11 is 0. The molecule has 2 aromatic carbocycles. The quantitative estimate of drug-likeness (QED) is 0.674. The van der Waals surface area contributed by atoms with Crippen molar-refractivity contribution in [1.29, 1.82) is 0 Å². The highest BCUT2D eigenvalue weighted by molar-refractivity contribution is 6.11. The lowest BCUT2D eigenvalue weighted by atomic mass is 10.1. The molecule has 0 radical (unpaired) electrons. The third-order valence-electron chi connectivity index (χ3n) is 4.82. The first-order chi connectivity index (χ1) is 12.7. The fraction of sp³-hybridized carbons (Fsp3) is 0.250. The molecule has 0 saturated heterocycles. The van der Waals surface area contributed by atoms with Crippen LogP contribution in [0.5, 0.6) is 0 Å². The molecule has 26 heavy (non-hydrogen) atoms. The summed E-state index contributed by atoms with van der Waals surface area (Å²) in [5, 5.41) is 13.6. The van der Waals surface area contributed by atoms with E-state index in [0.717, 1.165) is 18.2 Å². The highest BCUT2D eigenvalue weighted by atomic mass is 16.2. The number of amides is 2. The molecule has 0 spiro atoms. The predicted molar refractivity (Wildman–Crippen MR) is 100 cm³/mol. The summed E-state index contributed by atoms with van der Waals surface area (Å²) in [7, 11) is 0. The lowest BCUT2D eigenvalue weighted by Crippen LogP contribution is -2.32. The number of rotatable bonds is 4. The summed E-state index contributed by atoms with van der Waals surface area (Å²) < 4.78 is 0. The average molecular weight is 348 g/mol. The van der Waals surface area contributed by atoms with E-state index in [0.29, 0.717) is 22.3 Å². The molecule has 4 rings (SSSR count). The van der Waals surface area contributed by atoms with Gasteiger partial charge in [-0.1, -0.05) is 25.0 Å². The number of nitrogens with one attached hydrogen (secondary N) is 3. The van der Waals surface area contributed by atoms with Crippen LogP contribution in [0.25, 0.3) is 10.9 Å². The molecule has 132 valence electrons. The molecule has 3 N–H and O–H groups in total. The van der Waals surface area contributed by atoms with Crippen LogP contribution in [0.2, 0.25) is 0 Å². The van der Waals surface area contributed by atoms with Crippen molar-refractivity contribution in [3.8, 4) is 0 Å². The van der Waals surface area contributed by atoms with Gasteiger partial charge in [0.15, 0.2) is 0 Å². The number of nitrogens with zero attached hydrogens (tertiary/aromatic N) is 1. The Labute approximate surface area is 151 Å². The molecule has 1 saturated carbocycles. The first-order valence-corrected chi connectivity index (χ1v) is 8.85. The number of aromatic nitrogens is 2. The van der Waals surface area contributed by atoms with Crippen LogP contribution in [0.1, 0.15) is 46.4 Å². The predicted octanol–water partition coefficient (Wildman–Crippen LogP) is 3.49. The maximum absolute atomic E-state index is 12.5. The van der Waals surface area contributed by atoms with Crippen molar-refractivity contribution in [2.75, 3.05) is 5.32 Å². The van der Waals surface area contributed by atoms with Crippen LogP contribution in [0.15, 0.2) is 48.7 Å². The number of hydrogen-bond acceptors (Lipinski definition) is 3. The molecule has 0 unspecified atom stereocenters. The molecule has 1 fully saturated rings. The summed E-state index contributed by atoms with van der Waals surface area (Å²) in [6, 6.07) is 12.7. The second kappa shape index (κ2) is 7.00. The van der Waals surface area contributed by atoms with E-state index in [1.54, 1.807) is 36.5 Å². The van der Waals surface area contributed by atoms with Gasteiger partial charge in [0.1, 0.15) is 0 Å². The van der Waals surface area contributed by atoms with E-state index in [-0.39, 0.29) is 17.9 Å². The fourth-order valence-electron chi connectivity index (χ4n) is 3.40. The van der Waals surface area contributed by atoms with Gasteiger partial charge in [-0.2, -0.15) is 5.10 Å². The molecule has 0 atom stereocenters. The molecular formula is C20H20N4O2. The first kappa shape index (κ1) is 16.3. The zero-order valence-electron chi connectivity index (χ0n) is 14.3. The third-order valence-corrected chi connectivity index (χ3v) is 4.82. The lowest BCUT2D eigenvalue weighted by Gasteiger charge is -2.12. The van der Waals surface area contributed by atoms with Crippen molar-refractivity contribution in [1.82, 2.24) is 15.5 Å². The van der Waals surface area contributed by atoms with Gasteiger partial charge in [-0.15, -0.1) is 0 Å². The van der Waals surface area contributed by atoms with E-state index in [9.17, 15) is 9.59 Å². The number of carbonyl (C=O) groups excluding carboxylic acids is 2. The molecule has 6 nitrogen and oxygen atoms in total. The number of fused-ring (bicyclic) bond motifs is 1. The summed E-state index contributed by atoms with van der Waals surface area (Å²) in [5.74, 6) is -0.278. The van der Waals surface area contributed by atoms with Crippen LogP contribution in [0, 0.1) is 0 Å². The summed E-state index contributed by atoms with van der Waals surface area (Å²) in [4.78, 5) is 24.8. The van der Waals surface area contributed by atoms with Crippen LogP contribution < -0.4 is 10.6 Å². The van der Waals surface area contributed by atoms with E-state index in [4.69, 9.17) is 0 Å². The highest BCUT2D eigenvalue weighted by Gasteiger charge is 2.18. The number of para-hydroxylation sites is 1. The number of anilines is 1. The van der Waals surface area contributed by atoms with Crippen LogP contribution in [0.3, 0.4) is 0 Å². The van der Waals surface area contributed by atoms with Gasteiger partial charge in [-0.25, -0.2) is 0 Å². The molecule has 1 aliphatic rings. The fourth-order valence-corrected chi connectivity index (χ4v) is 3.40. The monoisotopic (exact) mass is 348 g/mol. The van der Waals surface area contributed by atoms with E-state index in [1.165, 1.54) is 12.8 Å². The zero-order chi connectivity index (χ0) is 17.9. The number of benzene rings is 2. The molecule has 3 aromatic rings. The van der Waals surface area contributed by atoms with Crippen LogP contribution in [-0.4, -0.2) is 28.1 Å². The van der Waals surface area contributed by atoms with Gasteiger partial charge in [0.25, 0.3) is 11.8 Å². The smallest absolute Gasteiger partial charge is 0.257 e. The van der Waals surface area contributed by atoms with Gasteiger partial charge < -0.3 is 10.6 Å². The lowest BCUT2D eigenvalue weighted by molar-refractivity contribution is 0.0937. The van der Waals surface area contributed by atoms with Gasteiger partial charge in [-0.05, 0) is 43.2 Å². The molecule has 0 aliphatic heterocycles. The first-order valence-electron chi connectivity index (χ1n) is 8.85.